The number of benzene rings is 2. The van der Waals surface area contributed by atoms with Crippen molar-refractivity contribution in [3.63, 3.8) is 0 Å². The van der Waals surface area contributed by atoms with Crippen LogP contribution >= 0.6 is 0 Å². The number of rotatable bonds is 5. The first-order valence-electron chi connectivity index (χ1n) is 6.18. The van der Waals surface area contributed by atoms with E-state index in [9.17, 15) is 30.1 Å². The lowest BCUT2D eigenvalue weighted by atomic mass is 10.2. The molecule has 1 amide bonds. The molecule has 0 saturated carbocycles. The molecule has 0 unspecified atom stereocenters. The topological polar surface area (TPSA) is 139 Å². The molecular formula is C13H10N4O6. The zero-order chi connectivity index (χ0) is 17.0. The number of nitrogens with one attached hydrogen (secondary N) is 1. The summed E-state index contributed by atoms with van der Waals surface area (Å²) in [6.45, 7) is 0. The van der Waals surface area contributed by atoms with Crippen LogP contribution < -0.4 is 10.4 Å². The van der Waals surface area contributed by atoms with Crippen LogP contribution in [0.1, 0.15) is 0 Å². The first-order chi connectivity index (χ1) is 10.9. The molecule has 10 heteroatoms. The number of nitro benzene ring substituents is 2. The maximum Gasteiger partial charge on any atom is 0.430 e. The van der Waals surface area contributed by atoms with Crippen molar-refractivity contribution in [3.8, 4) is 0 Å². The lowest BCUT2D eigenvalue weighted by Gasteiger charge is -2.20. The number of para-hydroxylation sites is 2. The van der Waals surface area contributed by atoms with Crippen molar-refractivity contribution in [1.29, 1.82) is 0 Å². The van der Waals surface area contributed by atoms with Gasteiger partial charge in [0.1, 0.15) is 0 Å². The molecule has 0 atom stereocenters. The van der Waals surface area contributed by atoms with Crippen molar-refractivity contribution in [2.45, 2.75) is 0 Å². The lowest BCUT2D eigenvalue weighted by molar-refractivity contribution is -0.392. The first kappa shape index (κ1) is 15.7. The summed E-state index contributed by atoms with van der Waals surface area (Å²) in [5.74, 6) is 0. The van der Waals surface area contributed by atoms with Crippen molar-refractivity contribution in [1.82, 2.24) is 0 Å². The Hall–Kier alpha value is -3.69. The summed E-state index contributed by atoms with van der Waals surface area (Å²) in [7, 11) is 0. The third kappa shape index (κ3) is 3.32. The standard InChI is InChI=1S/C13H10N4O6/c18-13(19)15(9-5-2-1-3-6-9)14-12-10(16(20)21)7-4-8-11(12)17(22)23/h1-8,14H,(H,18,19). The minimum Gasteiger partial charge on any atom is -0.463 e. The van der Waals surface area contributed by atoms with Crippen LogP contribution in [0.15, 0.2) is 48.5 Å². The summed E-state index contributed by atoms with van der Waals surface area (Å²) in [5.41, 5.74) is 0.652. The largest absolute Gasteiger partial charge is 0.463 e. The van der Waals surface area contributed by atoms with Gasteiger partial charge in [0, 0.05) is 12.1 Å². The molecule has 0 aromatic heterocycles. The summed E-state index contributed by atoms with van der Waals surface area (Å²) in [6.07, 6.45) is -1.48. The van der Waals surface area contributed by atoms with Crippen LogP contribution in [0.3, 0.4) is 0 Å². The summed E-state index contributed by atoms with van der Waals surface area (Å²) in [5, 5.41) is 32.0. The maximum absolute atomic E-state index is 11.4. The number of nitrogens with zero attached hydrogens (tertiary/aromatic N) is 3. The fraction of sp³-hybridized carbons (Fsp3) is 0. The molecule has 2 aromatic rings. The highest BCUT2D eigenvalue weighted by Gasteiger charge is 2.28. The fourth-order valence-electron chi connectivity index (χ4n) is 1.86. The maximum atomic E-state index is 11.4. The first-order valence-corrected chi connectivity index (χ1v) is 6.18. The molecular weight excluding hydrogens is 308 g/mol. The third-order valence-electron chi connectivity index (χ3n) is 2.84. The van der Waals surface area contributed by atoms with Gasteiger partial charge in [-0.25, -0.2) is 4.79 Å². The fourth-order valence-corrected chi connectivity index (χ4v) is 1.86. The number of carbonyl (C=O) groups is 1. The molecule has 0 radical (unpaired) electrons. The van der Waals surface area contributed by atoms with Gasteiger partial charge >= 0.3 is 17.5 Å². The minimum absolute atomic E-state index is 0.146. The SMILES string of the molecule is O=C(O)N(Nc1c([N+](=O)[O-])cccc1[N+](=O)[O-])c1ccccc1. The van der Waals surface area contributed by atoms with Gasteiger partial charge in [-0.2, -0.15) is 5.01 Å². The van der Waals surface area contributed by atoms with Crippen molar-refractivity contribution in [3.05, 3.63) is 68.8 Å². The predicted octanol–water partition coefficient (Wildman–Crippen LogP) is 3.01. The molecule has 0 aliphatic carbocycles. The Balaban J connectivity index is 2.54. The third-order valence-corrected chi connectivity index (χ3v) is 2.84. The van der Waals surface area contributed by atoms with Crippen LogP contribution in [0.5, 0.6) is 0 Å². The molecule has 0 aliphatic rings. The van der Waals surface area contributed by atoms with E-state index in [2.05, 4.69) is 5.43 Å². The smallest absolute Gasteiger partial charge is 0.430 e. The monoisotopic (exact) mass is 318 g/mol. The van der Waals surface area contributed by atoms with E-state index >= 15 is 0 Å². The average Bonchev–Trinajstić information content (AvgIpc) is 2.52. The highest BCUT2D eigenvalue weighted by atomic mass is 16.6. The average molecular weight is 318 g/mol. The molecule has 23 heavy (non-hydrogen) atoms. The van der Waals surface area contributed by atoms with Crippen LogP contribution in [0.2, 0.25) is 0 Å². The van der Waals surface area contributed by atoms with E-state index in [-0.39, 0.29) is 5.69 Å². The van der Waals surface area contributed by atoms with Gasteiger partial charge in [-0.15, -0.1) is 0 Å². The molecule has 2 aromatic carbocycles. The lowest BCUT2D eigenvalue weighted by Crippen LogP contribution is -2.35. The number of hydrazine groups is 1. The van der Waals surface area contributed by atoms with Gasteiger partial charge in [0.15, 0.2) is 0 Å². The summed E-state index contributed by atoms with van der Waals surface area (Å²) in [4.78, 5) is 31.8. The highest BCUT2D eigenvalue weighted by Crippen LogP contribution is 2.34. The van der Waals surface area contributed by atoms with Crippen LogP contribution in [-0.2, 0) is 0 Å². The quantitative estimate of drug-likeness (QED) is 0.638. The van der Waals surface area contributed by atoms with E-state index in [0.29, 0.717) is 5.01 Å². The molecule has 0 bridgehead atoms. The second-order valence-electron chi connectivity index (χ2n) is 4.25. The molecule has 0 heterocycles. The molecule has 118 valence electrons. The predicted molar refractivity (Wildman–Crippen MR) is 80.3 cm³/mol. The van der Waals surface area contributed by atoms with Crippen LogP contribution in [-0.4, -0.2) is 21.0 Å². The summed E-state index contributed by atoms with van der Waals surface area (Å²) in [6, 6.07) is 10.9. The van der Waals surface area contributed by atoms with E-state index in [0.717, 1.165) is 18.2 Å². The number of amides is 1. The van der Waals surface area contributed by atoms with Crippen molar-refractivity contribution in [2.24, 2.45) is 0 Å². The number of nitro groups is 2. The molecule has 2 rings (SSSR count). The molecule has 0 fully saturated rings. The Labute approximate surface area is 128 Å². The number of hydrogen-bond acceptors (Lipinski definition) is 6. The van der Waals surface area contributed by atoms with E-state index in [4.69, 9.17) is 0 Å². The summed E-state index contributed by atoms with van der Waals surface area (Å²) >= 11 is 0. The van der Waals surface area contributed by atoms with E-state index in [1.54, 1.807) is 18.2 Å². The van der Waals surface area contributed by atoms with E-state index in [1.165, 1.54) is 12.1 Å². The van der Waals surface area contributed by atoms with Gasteiger partial charge < -0.3 is 5.11 Å². The normalized spacial score (nSPS) is 9.91. The van der Waals surface area contributed by atoms with Gasteiger partial charge in [0.05, 0.1) is 15.5 Å². The zero-order valence-corrected chi connectivity index (χ0v) is 11.4. The van der Waals surface area contributed by atoms with Crippen molar-refractivity contribution >= 4 is 28.8 Å². The zero-order valence-electron chi connectivity index (χ0n) is 11.4. The van der Waals surface area contributed by atoms with Gasteiger partial charge in [-0.3, -0.25) is 25.7 Å². The molecule has 0 saturated heterocycles. The van der Waals surface area contributed by atoms with Crippen molar-refractivity contribution < 1.29 is 19.7 Å². The molecule has 0 spiro atoms. The second kappa shape index (κ2) is 6.39. The van der Waals surface area contributed by atoms with Gasteiger partial charge in [-0.1, -0.05) is 18.2 Å². The van der Waals surface area contributed by atoms with Crippen LogP contribution in [0.25, 0.3) is 0 Å². The number of hydrogen-bond donors (Lipinski definition) is 2. The highest BCUT2D eigenvalue weighted by molar-refractivity contribution is 5.90. The Kier molecular flexibility index (Phi) is 4.36. The summed E-state index contributed by atoms with van der Waals surface area (Å²) < 4.78 is 0. The second-order valence-corrected chi connectivity index (χ2v) is 4.25. The molecule has 2 N–H and O–H groups in total. The van der Waals surface area contributed by atoms with Gasteiger partial charge in [0.25, 0.3) is 0 Å². The van der Waals surface area contributed by atoms with Gasteiger partial charge in [0.2, 0.25) is 5.69 Å². The Morgan fingerprint density at radius 2 is 1.48 bits per heavy atom. The Morgan fingerprint density at radius 1 is 0.957 bits per heavy atom. The van der Waals surface area contributed by atoms with E-state index in [1.807, 2.05) is 0 Å². The number of anilines is 2. The van der Waals surface area contributed by atoms with E-state index < -0.39 is 33.0 Å². The molecule has 10 nitrogen and oxygen atoms in total. The Morgan fingerprint density at radius 3 is 1.91 bits per heavy atom. The van der Waals surface area contributed by atoms with Gasteiger partial charge in [-0.05, 0) is 18.2 Å². The Bertz CT molecular complexity index is 732. The number of carboxylic acid groups (broad SMARTS) is 1. The van der Waals surface area contributed by atoms with Crippen molar-refractivity contribution in [2.75, 3.05) is 10.4 Å². The molecule has 0 aliphatic heterocycles. The van der Waals surface area contributed by atoms with Crippen LogP contribution in [0.4, 0.5) is 27.5 Å². The minimum atomic E-state index is -1.48. The van der Waals surface area contributed by atoms with Crippen LogP contribution in [0, 0.1) is 20.2 Å².